The average molecular weight is 316 g/mol. The molecule has 1 aliphatic rings. The predicted octanol–water partition coefficient (Wildman–Crippen LogP) is 3.41. The molecule has 2 heterocycles. The molecule has 1 saturated heterocycles. The molecule has 1 aromatic carbocycles. The minimum atomic E-state index is 0.815. The van der Waals surface area contributed by atoms with Crippen LogP contribution in [-0.2, 0) is 6.42 Å². The van der Waals surface area contributed by atoms with Gasteiger partial charge in [-0.25, -0.2) is 0 Å². The molecule has 0 atom stereocenters. The van der Waals surface area contributed by atoms with Crippen LogP contribution < -0.4 is 4.90 Å². The van der Waals surface area contributed by atoms with E-state index in [0.717, 1.165) is 44.2 Å². The highest BCUT2D eigenvalue weighted by Gasteiger charge is 2.18. The molecule has 0 amide bonds. The molecule has 0 spiro atoms. The predicted molar refractivity (Wildman–Crippen MR) is 92.8 cm³/mol. The van der Waals surface area contributed by atoms with Crippen LogP contribution in [0.2, 0.25) is 5.02 Å². The van der Waals surface area contributed by atoms with E-state index in [2.05, 4.69) is 39.9 Å². The number of anilines is 1. The minimum Gasteiger partial charge on any atom is -0.369 e. The lowest BCUT2D eigenvalue weighted by molar-refractivity contribution is 0.260. The van der Waals surface area contributed by atoms with Crippen LogP contribution in [-0.4, -0.2) is 42.6 Å². The lowest BCUT2D eigenvalue weighted by Crippen LogP contribution is -2.47. The monoisotopic (exact) mass is 315 g/mol. The summed E-state index contributed by atoms with van der Waals surface area (Å²) in [5, 5.41) is 0.815. The molecule has 1 fully saturated rings. The van der Waals surface area contributed by atoms with Crippen LogP contribution in [0.25, 0.3) is 0 Å². The van der Waals surface area contributed by atoms with Crippen molar-refractivity contribution in [1.82, 2.24) is 9.88 Å². The van der Waals surface area contributed by atoms with Gasteiger partial charge in [-0.3, -0.25) is 9.88 Å². The second-order valence-electron chi connectivity index (χ2n) is 5.83. The molecule has 4 heteroatoms. The van der Waals surface area contributed by atoms with Crippen molar-refractivity contribution in [3.05, 3.63) is 58.9 Å². The van der Waals surface area contributed by atoms with Gasteiger partial charge >= 0.3 is 0 Å². The number of hydrogen-bond donors (Lipinski definition) is 0. The molecule has 0 aliphatic carbocycles. The Labute approximate surface area is 137 Å². The first-order valence-electron chi connectivity index (χ1n) is 7.86. The van der Waals surface area contributed by atoms with Crippen LogP contribution >= 0.6 is 11.6 Å². The van der Waals surface area contributed by atoms with E-state index in [1.54, 1.807) is 0 Å². The fourth-order valence-electron chi connectivity index (χ4n) is 3.00. The molecule has 116 valence electrons. The van der Waals surface area contributed by atoms with Crippen molar-refractivity contribution in [3.63, 3.8) is 0 Å². The summed E-state index contributed by atoms with van der Waals surface area (Å²) in [6, 6.07) is 12.3. The van der Waals surface area contributed by atoms with Gasteiger partial charge in [0.05, 0.1) is 0 Å². The summed E-state index contributed by atoms with van der Waals surface area (Å²) in [7, 11) is 0. The van der Waals surface area contributed by atoms with E-state index in [-0.39, 0.29) is 0 Å². The Hall–Kier alpha value is -1.58. The van der Waals surface area contributed by atoms with E-state index in [4.69, 9.17) is 11.6 Å². The van der Waals surface area contributed by atoms with Gasteiger partial charge in [-0.15, -0.1) is 0 Å². The van der Waals surface area contributed by atoms with Gasteiger partial charge in [0, 0.05) is 61.7 Å². The Morgan fingerprint density at radius 1 is 1.09 bits per heavy atom. The third kappa shape index (κ3) is 3.79. The van der Waals surface area contributed by atoms with Gasteiger partial charge in [0.15, 0.2) is 0 Å². The largest absolute Gasteiger partial charge is 0.369 e. The second kappa shape index (κ2) is 7.12. The molecule has 0 unspecified atom stereocenters. The normalized spacial score (nSPS) is 16.0. The molecule has 1 aliphatic heterocycles. The Morgan fingerprint density at radius 2 is 1.91 bits per heavy atom. The van der Waals surface area contributed by atoms with Gasteiger partial charge < -0.3 is 4.90 Å². The van der Waals surface area contributed by atoms with Gasteiger partial charge in [0.2, 0.25) is 0 Å². The Bertz CT molecular complexity index is 607. The van der Waals surface area contributed by atoms with Crippen molar-refractivity contribution in [2.45, 2.75) is 13.3 Å². The molecule has 2 aromatic rings. The van der Waals surface area contributed by atoms with Gasteiger partial charge in [0.1, 0.15) is 0 Å². The van der Waals surface area contributed by atoms with Crippen LogP contribution in [0.1, 0.15) is 11.3 Å². The second-order valence-corrected chi connectivity index (χ2v) is 6.27. The smallest absolute Gasteiger partial charge is 0.0416 e. The van der Waals surface area contributed by atoms with Crippen molar-refractivity contribution in [1.29, 1.82) is 0 Å². The highest BCUT2D eigenvalue weighted by Crippen LogP contribution is 2.24. The van der Waals surface area contributed by atoms with Crippen LogP contribution in [0.15, 0.2) is 42.6 Å². The Balaban J connectivity index is 1.52. The van der Waals surface area contributed by atoms with Crippen molar-refractivity contribution in [2.75, 3.05) is 37.6 Å². The highest BCUT2D eigenvalue weighted by atomic mass is 35.5. The Kier molecular flexibility index (Phi) is 4.96. The maximum atomic E-state index is 6.05. The average Bonchev–Trinajstić information content (AvgIpc) is 2.55. The quantitative estimate of drug-likeness (QED) is 0.862. The number of pyridine rings is 1. The first-order chi connectivity index (χ1) is 10.7. The van der Waals surface area contributed by atoms with E-state index in [9.17, 15) is 0 Å². The standard InChI is InChI=1S/C18H22ClN3/c1-15-14-16(19)5-6-18(15)22-12-10-21(11-13-22)9-7-17-4-2-3-8-20-17/h2-6,8,14H,7,9-13H2,1H3. The van der Waals surface area contributed by atoms with Crippen molar-refractivity contribution >= 4 is 17.3 Å². The summed E-state index contributed by atoms with van der Waals surface area (Å²) in [5.41, 5.74) is 3.75. The maximum Gasteiger partial charge on any atom is 0.0416 e. The molecule has 0 N–H and O–H groups in total. The fraction of sp³-hybridized carbons (Fsp3) is 0.389. The summed E-state index contributed by atoms with van der Waals surface area (Å²) < 4.78 is 0. The number of aromatic nitrogens is 1. The molecule has 3 rings (SSSR count). The molecule has 1 aromatic heterocycles. The lowest BCUT2D eigenvalue weighted by atomic mass is 10.1. The number of aryl methyl sites for hydroxylation is 1. The zero-order valence-corrected chi connectivity index (χ0v) is 13.8. The first kappa shape index (κ1) is 15.3. The zero-order valence-electron chi connectivity index (χ0n) is 13.0. The van der Waals surface area contributed by atoms with Crippen LogP contribution in [0.4, 0.5) is 5.69 Å². The SMILES string of the molecule is Cc1cc(Cl)ccc1N1CCN(CCc2ccccn2)CC1. The summed E-state index contributed by atoms with van der Waals surface area (Å²) in [5.74, 6) is 0. The van der Waals surface area contributed by atoms with Gasteiger partial charge in [-0.1, -0.05) is 17.7 Å². The van der Waals surface area contributed by atoms with Crippen LogP contribution in [0.3, 0.4) is 0 Å². The van der Waals surface area contributed by atoms with E-state index < -0.39 is 0 Å². The lowest BCUT2D eigenvalue weighted by Gasteiger charge is -2.36. The molecule has 0 saturated carbocycles. The summed E-state index contributed by atoms with van der Waals surface area (Å²) in [4.78, 5) is 9.38. The summed E-state index contributed by atoms with van der Waals surface area (Å²) in [6.45, 7) is 7.58. The topological polar surface area (TPSA) is 19.4 Å². The number of nitrogens with zero attached hydrogens (tertiary/aromatic N) is 3. The third-order valence-corrected chi connectivity index (χ3v) is 4.52. The van der Waals surface area contributed by atoms with Crippen molar-refractivity contribution in [2.24, 2.45) is 0 Å². The number of hydrogen-bond acceptors (Lipinski definition) is 3. The van der Waals surface area contributed by atoms with E-state index in [1.165, 1.54) is 16.9 Å². The molecule has 0 bridgehead atoms. The van der Waals surface area contributed by atoms with Crippen LogP contribution in [0, 0.1) is 6.92 Å². The maximum absolute atomic E-state index is 6.05. The van der Waals surface area contributed by atoms with Crippen molar-refractivity contribution in [3.8, 4) is 0 Å². The fourth-order valence-corrected chi connectivity index (χ4v) is 3.23. The Morgan fingerprint density at radius 3 is 2.59 bits per heavy atom. The van der Waals surface area contributed by atoms with Gasteiger partial charge in [-0.05, 0) is 42.8 Å². The minimum absolute atomic E-state index is 0.815. The highest BCUT2D eigenvalue weighted by molar-refractivity contribution is 6.30. The van der Waals surface area contributed by atoms with E-state index in [0.29, 0.717) is 0 Å². The third-order valence-electron chi connectivity index (χ3n) is 4.28. The zero-order chi connectivity index (χ0) is 15.4. The first-order valence-corrected chi connectivity index (χ1v) is 8.23. The van der Waals surface area contributed by atoms with E-state index >= 15 is 0 Å². The molecular weight excluding hydrogens is 294 g/mol. The number of benzene rings is 1. The van der Waals surface area contributed by atoms with Crippen LogP contribution in [0.5, 0.6) is 0 Å². The van der Waals surface area contributed by atoms with E-state index in [1.807, 2.05) is 24.4 Å². The molecule has 22 heavy (non-hydrogen) atoms. The number of rotatable bonds is 4. The molecule has 0 radical (unpaired) electrons. The number of piperazine rings is 1. The summed E-state index contributed by atoms with van der Waals surface area (Å²) >= 11 is 6.05. The van der Waals surface area contributed by atoms with Gasteiger partial charge in [-0.2, -0.15) is 0 Å². The molecular formula is C18H22ClN3. The number of halogens is 1. The summed E-state index contributed by atoms with van der Waals surface area (Å²) in [6.07, 6.45) is 2.90. The van der Waals surface area contributed by atoms with Gasteiger partial charge in [0.25, 0.3) is 0 Å². The van der Waals surface area contributed by atoms with Crippen molar-refractivity contribution < 1.29 is 0 Å². The molecule has 3 nitrogen and oxygen atoms in total.